The molecule has 106 valence electrons. The summed E-state index contributed by atoms with van der Waals surface area (Å²) in [6.45, 7) is 7.39. The van der Waals surface area contributed by atoms with Crippen molar-refractivity contribution in [3.63, 3.8) is 0 Å². The third kappa shape index (κ3) is 5.38. The molecule has 1 aliphatic heterocycles. The second-order valence-electron chi connectivity index (χ2n) is 4.16. The van der Waals surface area contributed by atoms with Crippen molar-refractivity contribution in [1.82, 2.24) is 4.90 Å². The van der Waals surface area contributed by atoms with Gasteiger partial charge in [0.25, 0.3) is 0 Å². The topological polar surface area (TPSA) is 66.8 Å². The predicted octanol–water partition coefficient (Wildman–Crippen LogP) is 2.84. The molecule has 6 heteroatoms. The molecule has 0 spiro atoms. The van der Waals surface area contributed by atoms with Gasteiger partial charge in [0.1, 0.15) is 0 Å². The van der Waals surface area contributed by atoms with Crippen LogP contribution in [0.15, 0.2) is 22.5 Å². The number of carboxylic acid groups (broad SMARTS) is 1. The van der Waals surface area contributed by atoms with E-state index in [0.717, 1.165) is 24.3 Å². The molecular weight excluding hydrogens is 266 g/mol. The summed E-state index contributed by atoms with van der Waals surface area (Å²) in [6, 6.07) is 0. The quantitative estimate of drug-likeness (QED) is 0.729. The molecule has 0 radical (unpaired) electrons. The van der Waals surface area contributed by atoms with Crippen molar-refractivity contribution in [1.29, 1.82) is 0 Å². The van der Waals surface area contributed by atoms with E-state index in [0.29, 0.717) is 19.6 Å². The van der Waals surface area contributed by atoms with Crippen molar-refractivity contribution in [2.24, 2.45) is 0 Å². The number of carbonyl (C=O) groups excluding carboxylic acids is 1. The highest BCUT2D eigenvalue weighted by Crippen LogP contribution is 2.27. The van der Waals surface area contributed by atoms with Gasteiger partial charge in [-0.05, 0) is 31.1 Å². The number of amides is 1. The van der Waals surface area contributed by atoms with Crippen molar-refractivity contribution in [2.75, 3.05) is 19.7 Å². The highest BCUT2D eigenvalue weighted by Gasteiger charge is 2.18. The van der Waals surface area contributed by atoms with E-state index in [-0.39, 0.29) is 11.0 Å². The van der Waals surface area contributed by atoms with E-state index < -0.39 is 5.97 Å². The Morgan fingerprint density at radius 1 is 1.63 bits per heavy atom. The van der Waals surface area contributed by atoms with Crippen LogP contribution < -0.4 is 0 Å². The normalized spacial score (nSPS) is 16.2. The van der Waals surface area contributed by atoms with Gasteiger partial charge in [-0.15, -0.1) is 0 Å². The van der Waals surface area contributed by atoms with E-state index in [9.17, 15) is 9.59 Å². The molecule has 1 N–H and O–H groups in total. The maximum atomic E-state index is 11.4. The van der Waals surface area contributed by atoms with Crippen LogP contribution in [0, 0.1) is 0 Å². The molecule has 0 aliphatic carbocycles. The van der Waals surface area contributed by atoms with Crippen molar-refractivity contribution >= 4 is 23.8 Å². The lowest BCUT2D eigenvalue weighted by molar-refractivity contribution is -0.131. The van der Waals surface area contributed by atoms with E-state index >= 15 is 0 Å². The van der Waals surface area contributed by atoms with Crippen LogP contribution in [-0.4, -0.2) is 41.8 Å². The Hall–Kier alpha value is -1.43. The summed E-state index contributed by atoms with van der Waals surface area (Å²) >= 11 is 1.17. The summed E-state index contributed by atoms with van der Waals surface area (Å²) in [7, 11) is 0. The fourth-order valence-electron chi connectivity index (χ4n) is 1.70. The van der Waals surface area contributed by atoms with Gasteiger partial charge in [0, 0.05) is 13.1 Å². The minimum absolute atomic E-state index is 0.260. The van der Waals surface area contributed by atoms with Gasteiger partial charge in [-0.3, -0.25) is 0 Å². The number of carbonyl (C=O) groups is 2. The molecule has 1 saturated heterocycles. The SMILES string of the molecule is C=C(CCCN1CCCOC1=O)S/C(=C\C)C(=O)O. The lowest BCUT2D eigenvalue weighted by atomic mass is 10.2. The molecule has 0 aromatic carbocycles. The Balaban J connectivity index is 2.27. The number of aliphatic carboxylic acids is 1. The summed E-state index contributed by atoms with van der Waals surface area (Å²) < 4.78 is 4.93. The summed E-state index contributed by atoms with van der Waals surface area (Å²) in [5.74, 6) is -0.937. The number of hydrogen-bond acceptors (Lipinski definition) is 4. The van der Waals surface area contributed by atoms with Gasteiger partial charge in [0.2, 0.25) is 0 Å². The van der Waals surface area contributed by atoms with E-state index in [4.69, 9.17) is 9.84 Å². The Bertz CT molecular complexity index is 392. The maximum absolute atomic E-state index is 11.4. The van der Waals surface area contributed by atoms with Crippen LogP contribution in [0.5, 0.6) is 0 Å². The van der Waals surface area contributed by atoms with Crippen molar-refractivity contribution in [2.45, 2.75) is 26.2 Å². The Morgan fingerprint density at radius 2 is 2.37 bits per heavy atom. The zero-order chi connectivity index (χ0) is 14.3. The summed E-state index contributed by atoms with van der Waals surface area (Å²) in [6.07, 6.45) is 3.60. The second kappa shape index (κ2) is 7.89. The maximum Gasteiger partial charge on any atom is 0.409 e. The second-order valence-corrected chi connectivity index (χ2v) is 5.38. The van der Waals surface area contributed by atoms with E-state index in [1.54, 1.807) is 17.9 Å². The van der Waals surface area contributed by atoms with Gasteiger partial charge in [-0.2, -0.15) is 0 Å². The zero-order valence-electron chi connectivity index (χ0n) is 11.1. The third-order valence-corrected chi connectivity index (χ3v) is 3.79. The highest BCUT2D eigenvalue weighted by molar-refractivity contribution is 8.07. The summed E-state index contributed by atoms with van der Waals surface area (Å²) in [4.78, 5) is 25.0. The number of ether oxygens (including phenoxy) is 1. The molecule has 0 bridgehead atoms. The van der Waals surface area contributed by atoms with Gasteiger partial charge in [-0.25, -0.2) is 9.59 Å². The van der Waals surface area contributed by atoms with E-state index in [1.807, 2.05) is 0 Å². The molecule has 1 heterocycles. The summed E-state index contributed by atoms with van der Waals surface area (Å²) in [5.41, 5.74) is 0. The Kier molecular flexibility index (Phi) is 6.49. The molecule has 1 rings (SSSR count). The number of cyclic esters (lactones) is 1. The van der Waals surface area contributed by atoms with Gasteiger partial charge in [0.15, 0.2) is 0 Å². The number of rotatable bonds is 7. The smallest absolute Gasteiger partial charge is 0.409 e. The molecule has 0 unspecified atom stereocenters. The Morgan fingerprint density at radius 3 is 2.95 bits per heavy atom. The molecule has 1 amide bonds. The number of allylic oxidation sites excluding steroid dienone is 2. The van der Waals surface area contributed by atoms with Gasteiger partial charge >= 0.3 is 12.1 Å². The molecule has 5 nitrogen and oxygen atoms in total. The number of nitrogens with zero attached hydrogens (tertiary/aromatic N) is 1. The molecular formula is C13H19NO4S. The first kappa shape index (κ1) is 15.6. The van der Waals surface area contributed by atoms with Crippen LogP contribution >= 0.6 is 11.8 Å². The van der Waals surface area contributed by atoms with E-state index in [2.05, 4.69) is 6.58 Å². The first-order chi connectivity index (χ1) is 9.04. The third-order valence-electron chi connectivity index (χ3n) is 2.67. The number of hydrogen-bond donors (Lipinski definition) is 1. The van der Waals surface area contributed by atoms with Crippen LogP contribution in [-0.2, 0) is 9.53 Å². The van der Waals surface area contributed by atoms with Crippen LogP contribution in [0.3, 0.4) is 0 Å². The molecule has 0 aromatic rings. The van der Waals surface area contributed by atoms with Gasteiger partial charge in [0.05, 0.1) is 11.5 Å². The number of thioether (sulfide) groups is 1. The minimum atomic E-state index is -0.937. The Labute approximate surface area is 117 Å². The fourth-order valence-corrected chi connectivity index (χ4v) is 2.46. The number of carboxylic acids is 1. The van der Waals surface area contributed by atoms with Crippen molar-refractivity contribution in [3.05, 3.63) is 22.5 Å². The zero-order valence-corrected chi connectivity index (χ0v) is 11.9. The van der Waals surface area contributed by atoms with Crippen molar-refractivity contribution < 1.29 is 19.4 Å². The predicted molar refractivity (Wildman–Crippen MR) is 74.9 cm³/mol. The highest BCUT2D eigenvalue weighted by atomic mass is 32.2. The van der Waals surface area contributed by atoms with Gasteiger partial charge in [-0.1, -0.05) is 24.4 Å². The van der Waals surface area contributed by atoms with Crippen LogP contribution in [0.2, 0.25) is 0 Å². The molecule has 0 saturated carbocycles. The van der Waals surface area contributed by atoms with Crippen LogP contribution in [0.1, 0.15) is 26.2 Å². The fraction of sp³-hybridized carbons (Fsp3) is 0.538. The molecule has 1 aliphatic rings. The molecule has 0 atom stereocenters. The lowest BCUT2D eigenvalue weighted by Crippen LogP contribution is -2.38. The monoisotopic (exact) mass is 285 g/mol. The average molecular weight is 285 g/mol. The molecule has 0 aromatic heterocycles. The summed E-state index contributed by atoms with van der Waals surface area (Å²) in [5, 5.41) is 8.89. The lowest BCUT2D eigenvalue weighted by Gasteiger charge is -2.26. The van der Waals surface area contributed by atoms with Crippen molar-refractivity contribution in [3.8, 4) is 0 Å². The van der Waals surface area contributed by atoms with E-state index in [1.165, 1.54) is 11.8 Å². The standard InChI is InChI=1S/C13H19NO4S/c1-3-11(12(15)16)19-10(2)6-4-7-14-8-5-9-18-13(14)17/h3H,2,4-9H2,1H3,(H,15,16)/b11-3-. The molecule has 19 heavy (non-hydrogen) atoms. The molecule has 1 fully saturated rings. The average Bonchev–Trinajstić information content (AvgIpc) is 2.38. The first-order valence-corrected chi connectivity index (χ1v) is 7.03. The first-order valence-electron chi connectivity index (χ1n) is 6.21. The van der Waals surface area contributed by atoms with Gasteiger partial charge < -0.3 is 14.7 Å². The minimum Gasteiger partial charge on any atom is -0.477 e. The van der Waals surface area contributed by atoms with Crippen LogP contribution in [0.4, 0.5) is 4.79 Å². The largest absolute Gasteiger partial charge is 0.477 e. The van der Waals surface area contributed by atoms with Crippen LogP contribution in [0.25, 0.3) is 0 Å².